The number of carbonyl (C=O) groups is 1. The molecule has 4 rings (SSSR count). The molecule has 1 amide bonds. The number of thioether (sulfide) groups is 1. The Balaban J connectivity index is 1.27. The molecule has 7 heteroatoms. The number of hydrogen-bond acceptors (Lipinski definition) is 5. The average molecular weight is 422 g/mol. The zero-order chi connectivity index (χ0) is 20.9. The number of amides is 1. The van der Waals surface area contributed by atoms with Crippen LogP contribution in [0.1, 0.15) is 18.1 Å². The average Bonchev–Trinajstić information content (AvgIpc) is 3.27. The maximum absolute atomic E-state index is 12.6. The number of carbonyl (C=O) groups excluding carboxylic acids is 1. The van der Waals surface area contributed by atoms with E-state index in [0.717, 1.165) is 44.0 Å². The monoisotopic (exact) mass is 421 g/mol. The van der Waals surface area contributed by atoms with Crippen molar-refractivity contribution in [2.75, 3.05) is 36.8 Å². The molecular formula is C23H27N5OS. The van der Waals surface area contributed by atoms with E-state index in [0.29, 0.717) is 10.9 Å². The topological polar surface area (TPSA) is 65.1 Å². The van der Waals surface area contributed by atoms with E-state index in [1.807, 2.05) is 17.0 Å². The third kappa shape index (κ3) is 4.84. The van der Waals surface area contributed by atoms with E-state index in [1.54, 1.807) is 0 Å². The summed E-state index contributed by atoms with van der Waals surface area (Å²) in [6.07, 6.45) is 1.01. The Morgan fingerprint density at radius 3 is 2.57 bits per heavy atom. The summed E-state index contributed by atoms with van der Waals surface area (Å²) in [6, 6.07) is 16.8. The van der Waals surface area contributed by atoms with Gasteiger partial charge in [-0.05, 0) is 36.6 Å². The van der Waals surface area contributed by atoms with Gasteiger partial charge in [0.15, 0.2) is 5.82 Å². The number of aryl methyl sites for hydroxylation is 2. The number of piperazine rings is 1. The predicted octanol–water partition coefficient (Wildman–Crippen LogP) is 3.78. The minimum Gasteiger partial charge on any atom is -0.368 e. The molecule has 1 aliphatic heterocycles. The van der Waals surface area contributed by atoms with Gasteiger partial charge in [0.1, 0.15) is 0 Å². The van der Waals surface area contributed by atoms with Crippen LogP contribution in [-0.2, 0) is 11.2 Å². The number of aromatic amines is 1. The van der Waals surface area contributed by atoms with E-state index in [9.17, 15) is 4.79 Å². The molecule has 0 saturated carbocycles. The Labute approximate surface area is 181 Å². The maximum Gasteiger partial charge on any atom is 0.233 e. The molecule has 2 heterocycles. The summed E-state index contributed by atoms with van der Waals surface area (Å²) in [6.45, 7) is 7.45. The second kappa shape index (κ2) is 9.34. The highest BCUT2D eigenvalue weighted by atomic mass is 32.2. The molecule has 3 aromatic rings. The molecule has 2 aromatic carbocycles. The number of H-pyrrole nitrogens is 1. The summed E-state index contributed by atoms with van der Waals surface area (Å²) in [4.78, 5) is 21.5. The first-order chi connectivity index (χ1) is 14.6. The quantitative estimate of drug-likeness (QED) is 0.614. The van der Waals surface area contributed by atoms with Gasteiger partial charge in [0.2, 0.25) is 11.1 Å². The molecule has 0 spiro atoms. The zero-order valence-corrected chi connectivity index (χ0v) is 18.3. The number of nitrogens with zero attached hydrogens (tertiary/aromatic N) is 4. The molecule has 0 atom stereocenters. The Morgan fingerprint density at radius 2 is 1.87 bits per heavy atom. The predicted molar refractivity (Wildman–Crippen MR) is 122 cm³/mol. The SMILES string of the molecule is CCc1ccc(-c2nc(SCC(=O)N3CCN(c4cccc(C)c4)CC3)n[nH]2)cc1. The lowest BCUT2D eigenvalue weighted by Gasteiger charge is -2.36. The lowest BCUT2D eigenvalue weighted by molar-refractivity contribution is -0.128. The third-order valence-corrected chi connectivity index (χ3v) is 6.26. The van der Waals surface area contributed by atoms with Crippen LogP contribution >= 0.6 is 11.8 Å². The van der Waals surface area contributed by atoms with Crippen LogP contribution < -0.4 is 4.90 Å². The number of nitrogens with one attached hydrogen (secondary N) is 1. The molecule has 0 bridgehead atoms. The van der Waals surface area contributed by atoms with Crippen LogP contribution in [0.3, 0.4) is 0 Å². The van der Waals surface area contributed by atoms with Gasteiger partial charge in [0.25, 0.3) is 0 Å². The first kappa shape index (κ1) is 20.5. The maximum atomic E-state index is 12.6. The molecule has 156 valence electrons. The second-order valence-electron chi connectivity index (χ2n) is 7.51. The molecule has 0 radical (unpaired) electrons. The van der Waals surface area contributed by atoms with Crippen LogP contribution in [0.4, 0.5) is 5.69 Å². The van der Waals surface area contributed by atoms with Crippen molar-refractivity contribution in [3.8, 4) is 11.4 Å². The van der Waals surface area contributed by atoms with E-state index < -0.39 is 0 Å². The molecule has 30 heavy (non-hydrogen) atoms. The fourth-order valence-electron chi connectivity index (χ4n) is 3.59. The minimum atomic E-state index is 0.141. The van der Waals surface area contributed by atoms with E-state index in [1.165, 1.54) is 28.6 Å². The summed E-state index contributed by atoms with van der Waals surface area (Å²) in [5.41, 5.74) is 4.79. The van der Waals surface area contributed by atoms with Crippen molar-refractivity contribution in [2.24, 2.45) is 0 Å². The van der Waals surface area contributed by atoms with Crippen LogP contribution in [0.5, 0.6) is 0 Å². The smallest absolute Gasteiger partial charge is 0.233 e. The molecule has 0 aliphatic carbocycles. The summed E-state index contributed by atoms with van der Waals surface area (Å²) in [5, 5.41) is 7.85. The molecule has 0 unspecified atom stereocenters. The van der Waals surface area contributed by atoms with Gasteiger partial charge in [-0.15, -0.1) is 5.10 Å². The molecule has 1 fully saturated rings. The largest absolute Gasteiger partial charge is 0.368 e. The highest BCUT2D eigenvalue weighted by Crippen LogP contribution is 2.21. The van der Waals surface area contributed by atoms with Crippen molar-refractivity contribution in [3.05, 3.63) is 59.7 Å². The molecule has 6 nitrogen and oxygen atoms in total. The molecule has 1 saturated heterocycles. The number of benzene rings is 2. The second-order valence-corrected chi connectivity index (χ2v) is 8.46. The van der Waals surface area contributed by atoms with Crippen LogP contribution in [0, 0.1) is 6.92 Å². The van der Waals surface area contributed by atoms with Crippen molar-refractivity contribution < 1.29 is 4.79 Å². The van der Waals surface area contributed by atoms with Crippen molar-refractivity contribution >= 4 is 23.4 Å². The lowest BCUT2D eigenvalue weighted by Crippen LogP contribution is -2.49. The summed E-state index contributed by atoms with van der Waals surface area (Å²) in [7, 11) is 0. The van der Waals surface area contributed by atoms with Crippen molar-refractivity contribution in [3.63, 3.8) is 0 Å². The van der Waals surface area contributed by atoms with Gasteiger partial charge in [0.05, 0.1) is 5.75 Å². The van der Waals surface area contributed by atoms with Crippen molar-refractivity contribution in [2.45, 2.75) is 25.4 Å². The third-order valence-electron chi connectivity index (χ3n) is 5.42. The highest BCUT2D eigenvalue weighted by molar-refractivity contribution is 7.99. The highest BCUT2D eigenvalue weighted by Gasteiger charge is 2.22. The molecule has 1 aliphatic rings. The number of anilines is 1. The Hall–Kier alpha value is -2.80. The van der Waals surface area contributed by atoms with Crippen LogP contribution in [0.15, 0.2) is 53.7 Å². The summed E-state index contributed by atoms with van der Waals surface area (Å²) >= 11 is 1.39. The van der Waals surface area contributed by atoms with Gasteiger partial charge in [-0.25, -0.2) is 4.98 Å². The Kier molecular flexibility index (Phi) is 6.38. The van der Waals surface area contributed by atoms with Crippen LogP contribution in [0.2, 0.25) is 0 Å². The molecule has 1 N–H and O–H groups in total. The minimum absolute atomic E-state index is 0.141. The van der Waals surface area contributed by atoms with Crippen LogP contribution in [-0.4, -0.2) is 57.9 Å². The van der Waals surface area contributed by atoms with E-state index in [-0.39, 0.29) is 5.91 Å². The van der Waals surface area contributed by atoms with E-state index >= 15 is 0 Å². The standard InChI is InChI=1S/C23H27N5OS/c1-3-18-7-9-19(10-8-18)22-24-23(26-25-22)30-16-21(29)28-13-11-27(12-14-28)20-6-4-5-17(2)15-20/h4-10,15H,3,11-14,16H2,1-2H3,(H,24,25,26). The van der Waals surface area contributed by atoms with Gasteiger partial charge >= 0.3 is 0 Å². The normalized spacial score (nSPS) is 14.2. The Morgan fingerprint density at radius 1 is 1.10 bits per heavy atom. The number of aromatic nitrogens is 3. The summed E-state index contributed by atoms with van der Waals surface area (Å²) in [5.74, 6) is 1.23. The van der Waals surface area contributed by atoms with Gasteiger partial charge in [-0.1, -0.05) is 55.1 Å². The fourth-order valence-corrected chi connectivity index (χ4v) is 4.30. The molecular weight excluding hydrogens is 394 g/mol. The van der Waals surface area contributed by atoms with Gasteiger partial charge in [-0.3, -0.25) is 9.89 Å². The van der Waals surface area contributed by atoms with Gasteiger partial charge < -0.3 is 9.80 Å². The Bertz CT molecular complexity index is 993. The van der Waals surface area contributed by atoms with Gasteiger partial charge in [0, 0.05) is 37.4 Å². The number of hydrogen-bond donors (Lipinski definition) is 1. The first-order valence-corrected chi connectivity index (χ1v) is 11.3. The van der Waals surface area contributed by atoms with E-state index in [4.69, 9.17) is 0 Å². The lowest BCUT2D eigenvalue weighted by atomic mass is 10.1. The zero-order valence-electron chi connectivity index (χ0n) is 17.5. The summed E-state index contributed by atoms with van der Waals surface area (Å²) < 4.78 is 0. The van der Waals surface area contributed by atoms with E-state index in [2.05, 4.69) is 70.3 Å². The first-order valence-electron chi connectivity index (χ1n) is 10.4. The molecule has 1 aromatic heterocycles. The van der Waals surface area contributed by atoms with Crippen molar-refractivity contribution in [1.29, 1.82) is 0 Å². The van der Waals surface area contributed by atoms with Crippen LogP contribution in [0.25, 0.3) is 11.4 Å². The van der Waals surface area contributed by atoms with Crippen molar-refractivity contribution in [1.82, 2.24) is 20.1 Å². The number of rotatable bonds is 6. The fraction of sp³-hybridized carbons (Fsp3) is 0.348. The van der Waals surface area contributed by atoms with Gasteiger partial charge in [-0.2, -0.15) is 0 Å².